The fourth-order valence-electron chi connectivity index (χ4n) is 6.56. The summed E-state index contributed by atoms with van der Waals surface area (Å²) in [5.41, 5.74) is 0.554. The average molecular weight is 460 g/mol. The number of hydrogen-bond donors (Lipinski definition) is 1. The van der Waals surface area contributed by atoms with Gasteiger partial charge in [0.25, 0.3) is 0 Å². The molecule has 10 heteroatoms. The third-order valence-electron chi connectivity index (χ3n) is 7.08. The third kappa shape index (κ3) is 4.22. The van der Waals surface area contributed by atoms with E-state index in [0.717, 1.165) is 55.6 Å². The molecular formula is C21H26F2O7S. The fourth-order valence-corrected chi connectivity index (χ4v) is 6.80. The molecule has 0 radical (unpaired) electrons. The Kier molecular flexibility index (Phi) is 6.10. The summed E-state index contributed by atoms with van der Waals surface area (Å²) < 4.78 is 47.6. The third-order valence-corrected chi connectivity index (χ3v) is 7.58. The topological polar surface area (TPSA) is 83.5 Å². The molecule has 4 saturated carbocycles. The van der Waals surface area contributed by atoms with Gasteiger partial charge in [-0.1, -0.05) is 5.04 Å². The van der Waals surface area contributed by atoms with E-state index < -0.39 is 23.3 Å². The molecule has 0 aliphatic heterocycles. The van der Waals surface area contributed by atoms with Crippen molar-refractivity contribution < 1.29 is 42.4 Å². The Labute approximate surface area is 183 Å². The summed E-state index contributed by atoms with van der Waals surface area (Å²) in [7, 11) is 3.26. The van der Waals surface area contributed by atoms with Gasteiger partial charge < -0.3 is 14.2 Å². The standard InChI is InChI=1S/C21H26F2O7S/c1-26-15-3-4-17(27-2)16(6-15)20-9-13-5-14(10-20)8-19(7-13,11-20)12-28-18(24)21(22,23)31-30-29-25/h3-4,6,13-14,25H,5,7-12H2,1-2H3. The minimum absolute atomic E-state index is 0.0804. The highest BCUT2D eigenvalue weighted by Gasteiger charge is 2.59. The Hall–Kier alpha value is -1.62. The van der Waals surface area contributed by atoms with Crippen molar-refractivity contribution in [3.05, 3.63) is 23.8 Å². The molecule has 4 aliphatic carbocycles. The van der Waals surface area contributed by atoms with Gasteiger partial charge in [-0.3, -0.25) is 0 Å². The molecule has 2 atom stereocenters. The summed E-state index contributed by atoms with van der Waals surface area (Å²) in [6, 6.07) is 5.78. The lowest BCUT2D eigenvalue weighted by molar-refractivity contribution is -0.433. The van der Waals surface area contributed by atoms with Crippen LogP contribution in [0.5, 0.6) is 11.5 Å². The van der Waals surface area contributed by atoms with Gasteiger partial charge in [0.2, 0.25) is 0 Å². The van der Waals surface area contributed by atoms with Crippen molar-refractivity contribution in [2.45, 2.75) is 49.2 Å². The van der Waals surface area contributed by atoms with Gasteiger partial charge >= 0.3 is 11.2 Å². The molecule has 0 spiro atoms. The van der Waals surface area contributed by atoms with Crippen molar-refractivity contribution in [3.8, 4) is 11.5 Å². The van der Waals surface area contributed by atoms with E-state index in [-0.39, 0.29) is 17.4 Å². The first-order valence-electron chi connectivity index (χ1n) is 10.2. The van der Waals surface area contributed by atoms with Gasteiger partial charge in [0, 0.05) is 16.4 Å². The lowest BCUT2D eigenvalue weighted by Gasteiger charge is -2.62. The first-order valence-corrected chi connectivity index (χ1v) is 10.9. The van der Waals surface area contributed by atoms with Crippen LogP contribution in [0.4, 0.5) is 8.78 Å². The zero-order valence-corrected chi connectivity index (χ0v) is 18.2. The molecule has 4 aliphatic rings. The number of halogens is 2. The first-order chi connectivity index (χ1) is 14.7. The van der Waals surface area contributed by atoms with E-state index in [1.807, 2.05) is 18.2 Å². The molecule has 7 nitrogen and oxygen atoms in total. The van der Waals surface area contributed by atoms with E-state index in [9.17, 15) is 13.6 Å². The number of benzene rings is 1. The van der Waals surface area contributed by atoms with Crippen LogP contribution < -0.4 is 9.47 Å². The smallest absolute Gasteiger partial charge is 0.415 e. The van der Waals surface area contributed by atoms with Gasteiger partial charge in [0.1, 0.15) is 23.5 Å². The number of carbonyl (C=O) groups excluding carboxylic acids is 1. The van der Waals surface area contributed by atoms with Crippen LogP contribution in [0.3, 0.4) is 0 Å². The molecule has 0 amide bonds. The van der Waals surface area contributed by atoms with E-state index in [0.29, 0.717) is 11.8 Å². The molecule has 1 aromatic carbocycles. The molecule has 172 valence electrons. The summed E-state index contributed by atoms with van der Waals surface area (Å²) in [6.45, 7) is -0.0804. The predicted octanol–water partition coefficient (Wildman–Crippen LogP) is 4.75. The second-order valence-electron chi connectivity index (χ2n) is 9.13. The van der Waals surface area contributed by atoms with Gasteiger partial charge in [-0.15, -0.1) is 4.33 Å². The zero-order chi connectivity index (χ0) is 22.3. The van der Waals surface area contributed by atoms with Crippen molar-refractivity contribution >= 4 is 18.0 Å². The molecular weight excluding hydrogens is 434 g/mol. The minimum atomic E-state index is -3.99. The summed E-state index contributed by atoms with van der Waals surface area (Å²) in [5, 5.41) is 7.24. The van der Waals surface area contributed by atoms with Gasteiger partial charge in [-0.05, 0) is 68.6 Å². The molecule has 2 unspecified atom stereocenters. The Balaban J connectivity index is 1.57. The second-order valence-corrected chi connectivity index (χ2v) is 9.94. The molecule has 4 fully saturated rings. The Bertz CT molecular complexity index is 820. The maximum absolute atomic E-state index is 13.8. The highest BCUT2D eigenvalue weighted by Crippen LogP contribution is 2.66. The molecule has 0 saturated heterocycles. The van der Waals surface area contributed by atoms with Gasteiger partial charge in [-0.2, -0.15) is 8.78 Å². The van der Waals surface area contributed by atoms with Crippen LogP contribution in [-0.2, 0) is 24.3 Å². The van der Waals surface area contributed by atoms with Crippen LogP contribution in [0.15, 0.2) is 18.2 Å². The average Bonchev–Trinajstić information content (AvgIpc) is 2.74. The molecule has 5 rings (SSSR count). The molecule has 4 bridgehead atoms. The highest BCUT2D eigenvalue weighted by molar-refractivity contribution is 7.96. The van der Waals surface area contributed by atoms with Crippen molar-refractivity contribution in [1.29, 1.82) is 0 Å². The molecule has 31 heavy (non-hydrogen) atoms. The van der Waals surface area contributed by atoms with Crippen LogP contribution in [0.1, 0.15) is 44.1 Å². The van der Waals surface area contributed by atoms with Gasteiger partial charge in [0.15, 0.2) is 0 Å². The molecule has 1 aromatic rings. The Morgan fingerprint density at radius 1 is 1.19 bits per heavy atom. The van der Waals surface area contributed by atoms with E-state index >= 15 is 0 Å². The number of hydrogen-bond acceptors (Lipinski definition) is 8. The largest absolute Gasteiger partial charge is 0.497 e. The first kappa shape index (κ1) is 22.6. The van der Waals surface area contributed by atoms with Crippen molar-refractivity contribution in [2.24, 2.45) is 17.3 Å². The SMILES string of the molecule is COc1ccc(OC)c(C23CC4CC(CC(COC(=O)C(F)(F)SOOO)(C4)C2)C3)c1. The Morgan fingerprint density at radius 2 is 1.90 bits per heavy atom. The maximum atomic E-state index is 13.8. The van der Waals surface area contributed by atoms with Gasteiger partial charge in [0.05, 0.1) is 20.8 Å². The van der Waals surface area contributed by atoms with Crippen molar-refractivity contribution in [2.75, 3.05) is 20.8 Å². The highest BCUT2D eigenvalue weighted by atomic mass is 32.2. The number of alkyl halides is 2. The molecule has 1 N–H and O–H groups in total. The molecule has 0 heterocycles. The summed E-state index contributed by atoms with van der Waals surface area (Å²) in [5.74, 6) is 0.709. The van der Waals surface area contributed by atoms with Crippen LogP contribution in [-0.4, -0.2) is 37.3 Å². The molecule has 0 aromatic heterocycles. The number of ether oxygens (including phenoxy) is 3. The zero-order valence-electron chi connectivity index (χ0n) is 17.4. The van der Waals surface area contributed by atoms with Crippen LogP contribution in [0, 0.1) is 17.3 Å². The van der Waals surface area contributed by atoms with Crippen LogP contribution in [0.2, 0.25) is 0 Å². The lowest BCUT2D eigenvalue weighted by Crippen LogP contribution is -2.56. The summed E-state index contributed by atoms with van der Waals surface area (Å²) in [4.78, 5) is 12.0. The lowest BCUT2D eigenvalue weighted by atomic mass is 9.43. The normalized spacial score (nSPS) is 31.5. The van der Waals surface area contributed by atoms with Crippen molar-refractivity contribution in [3.63, 3.8) is 0 Å². The maximum Gasteiger partial charge on any atom is 0.415 e. The van der Waals surface area contributed by atoms with Crippen LogP contribution >= 0.6 is 12.0 Å². The monoisotopic (exact) mass is 460 g/mol. The Morgan fingerprint density at radius 3 is 2.52 bits per heavy atom. The van der Waals surface area contributed by atoms with Crippen LogP contribution in [0.25, 0.3) is 0 Å². The quantitative estimate of drug-likeness (QED) is 0.245. The van der Waals surface area contributed by atoms with E-state index in [2.05, 4.69) is 9.37 Å². The van der Waals surface area contributed by atoms with Crippen molar-refractivity contribution in [1.82, 2.24) is 0 Å². The minimum Gasteiger partial charge on any atom is -0.497 e. The fraction of sp³-hybridized carbons (Fsp3) is 0.667. The van der Waals surface area contributed by atoms with Gasteiger partial charge in [-0.25, -0.2) is 10.1 Å². The number of methoxy groups -OCH3 is 2. The summed E-state index contributed by atoms with van der Waals surface area (Å²) >= 11 is -0.602. The van der Waals surface area contributed by atoms with E-state index in [4.69, 9.17) is 19.5 Å². The van der Waals surface area contributed by atoms with E-state index in [1.54, 1.807) is 14.2 Å². The summed E-state index contributed by atoms with van der Waals surface area (Å²) in [6.07, 6.45) is 5.53. The number of rotatable bonds is 9. The second kappa shape index (κ2) is 8.38. The number of carbonyl (C=O) groups is 1. The predicted molar refractivity (Wildman–Crippen MR) is 107 cm³/mol. The number of esters is 1. The van der Waals surface area contributed by atoms with E-state index in [1.165, 1.54) is 0 Å².